The average Bonchev–Trinajstić information content (AvgIpc) is 3.55. The number of hydrogen-bond acceptors (Lipinski definition) is 4. The number of piperazine rings is 1. The molecule has 2 amide bonds. The number of hydrogen-bond donors (Lipinski definition) is 0. The lowest BCUT2D eigenvalue weighted by Gasteiger charge is -2.35. The van der Waals surface area contributed by atoms with E-state index < -0.39 is 0 Å². The molecule has 5 rings (SSSR count). The minimum Gasteiger partial charge on any atom is -0.436 e. The summed E-state index contributed by atoms with van der Waals surface area (Å²) in [7, 11) is 0. The largest absolute Gasteiger partial charge is 0.436 e. The number of carbonyl (C=O) groups excluding carboxylic acids is 2. The van der Waals surface area contributed by atoms with Gasteiger partial charge in [0.2, 0.25) is 11.8 Å². The van der Waals surface area contributed by atoms with Crippen LogP contribution in [0.4, 0.5) is 0 Å². The predicted molar refractivity (Wildman–Crippen MR) is 117 cm³/mol. The molecule has 6 heteroatoms. The van der Waals surface area contributed by atoms with Gasteiger partial charge < -0.3 is 14.2 Å². The highest BCUT2D eigenvalue weighted by Crippen LogP contribution is 2.32. The Hall–Kier alpha value is -3.41. The fourth-order valence-electron chi connectivity index (χ4n) is 3.99. The van der Waals surface area contributed by atoms with Crippen LogP contribution in [0.3, 0.4) is 0 Å². The zero-order chi connectivity index (χ0) is 21.4. The molecule has 0 bridgehead atoms. The van der Waals surface area contributed by atoms with Gasteiger partial charge in [0.15, 0.2) is 5.76 Å². The van der Waals surface area contributed by atoms with Crippen LogP contribution in [0, 0.1) is 12.8 Å². The summed E-state index contributed by atoms with van der Waals surface area (Å²) in [6, 6.07) is 15.5. The molecule has 0 N–H and O–H groups in total. The molecule has 0 unspecified atom stereocenters. The van der Waals surface area contributed by atoms with Crippen molar-refractivity contribution in [2.75, 3.05) is 26.2 Å². The van der Waals surface area contributed by atoms with E-state index in [1.165, 1.54) is 5.56 Å². The molecule has 31 heavy (non-hydrogen) atoms. The quantitative estimate of drug-likeness (QED) is 0.646. The van der Waals surface area contributed by atoms with E-state index in [-0.39, 0.29) is 17.7 Å². The second kappa shape index (κ2) is 8.02. The van der Waals surface area contributed by atoms with Crippen molar-refractivity contribution < 1.29 is 14.0 Å². The monoisotopic (exact) mass is 415 g/mol. The third-order valence-corrected chi connectivity index (χ3v) is 6.03. The van der Waals surface area contributed by atoms with Gasteiger partial charge in [-0.2, -0.15) is 0 Å². The topological polar surface area (TPSA) is 66.7 Å². The summed E-state index contributed by atoms with van der Waals surface area (Å²) in [5.74, 6) is 1.52. The fourth-order valence-corrected chi connectivity index (χ4v) is 3.99. The lowest BCUT2D eigenvalue weighted by Crippen LogP contribution is -2.51. The van der Waals surface area contributed by atoms with Gasteiger partial charge in [0.05, 0.1) is 11.8 Å². The van der Waals surface area contributed by atoms with E-state index in [0.29, 0.717) is 49.0 Å². The standard InChI is InChI=1S/C25H25N3O3/c1-17-6-8-18(9-7-17)22-16-26-23(31-22)20-4-2-3-5-21(20)25(30)28-14-12-27(13-15-28)24(29)19-10-11-19/h2-9,16,19H,10-15H2,1H3. The van der Waals surface area contributed by atoms with Crippen molar-refractivity contribution in [3.05, 3.63) is 65.9 Å². The van der Waals surface area contributed by atoms with Crippen LogP contribution in [0.1, 0.15) is 28.8 Å². The molecule has 0 radical (unpaired) electrons. The number of benzene rings is 2. The Morgan fingerprint density at radius 2 is 1.61 bits per heavy atom. The number of nitrogens with zero attached hydrogens (tertiary/aromatic N) is 3. The summed E-state index contributed by atoms with van der Waals surface area (Å²) in [5, 5.41) is 0. The van der Waals surface area contributed by atoms with Gasteiger partial charge in [0, 0.05) is 43.2 Å². The zero-order valence-corrected chi connectivity index (χ0v) is 17.6. The molecule has 1 saturated carbocycles. The highest BCUT2D eigenvalue weighted by molar-refractivity contribution is 6.00. The maximum Gasteiger partial charge on any atom is 0.254 e. The minimum atomic E-state index is -0.0517. The van der Waals surface area contributed by atoms with E-state index >= 15 is 0 Å². The first-order chi connectivity index (χ1) is 15.1. The van der Waals surface area contributed by atoms with Crippen molar-refractivity contribution >= 4 is 11.8 Å². The van der Waals surface area contributed by atoms with E-state index in [2.05, 4.69) is 4.98 Å². The maximum atomic E-state index is 13.3. The van der Waals surface area contributed by atoms with Crippen LogP contribution in [-0.2, 0) is 4.79 Å². The molecule has 1 saturated heterocycles. The molecule has 6 nitrogen and oxygen atoms in total. The van der Waals surface area contributed by atoms with Crippen molar-refractivity contribution in [2.24, 2.45) is 5.92 Å². The molecule has 0 atom stereocenters. The molecule has 0 spiro atoms. The fraction of sp³-hybridized carbons (Fsp3) is 0.320. The molecular weight excluding hydrogens is 390 g/mol. The van der Waals surface area contributed by atoms with Crippen molar-refractivity contribution in [3.63, 3.8) is 0 Å². The smallest absolute Gasteiger partial charge is 0.254 e. The minimum absolute atomic E-state index is 0.0517. The molecule has 1 aliphatic carbocycles. The Morgan fingerprint density at radius 1 is 0.935 bits per heavy atom. The van der Waals surface area contributed by atoms with Gasteiger partial charge in [-0.05, 0) is 31.9 Å². The SMILES string of the molecule is Cc1ccc(-c2cnc(-c3ccccc3C(=O)N3CCN(C(=O)C4CC4)CC3)o2)cc1. The van der Waals surface area contributed by atoms with Gasteiger partial charge in [-0.15, -0.1) is 0 Å². The Morgan fingerprint density at radius 3 is 2.32 bits per heavy atom. The Kier molecular flexibility index (Phi) is 5.06. The summed E-state index contributed by atoms with van der Waals surface area (Å²) >= 11 is 0. The summed E-state index contributed by atoms with van der Waals surface area (Å²) in [6.45, 7) is 4.33. The second-order valence-electron chi connectivity index (χ2n) is 8.33. The average molecular weight is 415 g/mol. The number of aromatic nitrogens is 1. The molecule has 2 fully saturated rings. The Labute approximate surface area is 181 Å². The van der Waals surface area contributed by atoms with Gasteiger partial charge in [-0.25, -0.2) is 4.98 Å². The number of amides is 2. The second-order valence-corrected chi connectivity index (χ2v) is 8.33. The van der Waals surface area contributed by atoms with Crippen molar-refractivity contribution in [2.45, 2.75) is 19.8 Å². The third-order valence-electron chi connectivity index (χ3n) is 6.03. The van der Waals surface area contributed by atoms with Gasteiger partial charge >= 0.3 is 0 Å². The normalized spacial score (nSPS) is 16.4. The van der Waals surface area contributed by atoms with Crippen LogP contribution >= 0.6 is 0 Å². The van der Waals surface area contributed by atoms with Gasteiger partial charge in [-0.3, -0.25) is 9.59 Å². The van der Waals surface area contributed by atoms with E-state index in [1.54, 1.807) is 6.20 Å². The Balaban J connectivity index is 1.34. The molecule has 1 aromatic heterocycles. The number of oxazole rings is 1. The zero-order valence-electron chi connectivity index (χ0n) is 17.6. The lowest BCUT2D eigenvalue weighted by atomic mass is 10.1. The van der Waals surface area contributed by atoms with Crippen LogP contribution in [0.15, 0.2) is 59.1 Å². The van der Waals surface area contributed by atoms with E-state index in [1.807, 2.05) is 65.3 Å². The molecule has 3 aromatic rings. The third kappa shape index (κ3) is 3.98. The van der Waals surface area contributed by atoms with Crippen molar-refractivity contribution in [3.8, 4) is 22.8 Å². The van der Waals surface area contributed by atoms with Crippen LogP contribution in [0.2, 0.25) is 0 Å². The van der Waals surface area contributed by atoms with E-state index in [9.17, 15) is 9.59 Å². The van der Waals surface area contributed by atoms with Crippen LogP contribution in [0.25, 0.3) is 22.8 Å². The summed E-state index contributed by atoms with van der Waals surface area (Å²) < 4.78 is 6.02. The summed E-state index contributed by atoms with van der Waals surface area (Å²) in [5.41, 5.74) is 3.38. The first-order valence-corrected chi connectivity index (χ1v) is 10.8. The predicted octanol–water partition coefficient (Wildman–Crippen LogP) is 4.01. The summed E-state index contributed by atoms with van der Waals surface area (Å²) in [6.07, 6.45) is 3.71. The molecule has 158 valence electrons. The van der Waals surface area contributed by atoms with E-state index in [4.69, 9.17) is 4.42 Å². The number of carbonyl (C=O) groups is 2. The van der Waals surface area contributed by atoms with Gasteiger partial charge in [-0.1, -0.05) is 42.0 Å². The van der Waals surface area contributed by atoms with Gasteiger partial charge in [0.1, 0.15) is 0 Å². The van der Waals surface area contributed by atoms with Crippen LogP contribution in [-0.4, -0.2) is 52.8 Å². The van der Waals surface area contributed by atoms with Crippen molar-refractivity contribution in [1.82, 2.24) is 14.8 Å². The molecule has 1 aliphatic heterocycles. The molecule has 2 heterocycles. The van der Waals surface area contributed by atoms with Crippen LogP contribution < -0.4 is 0 Å². The maximum absolute atomic E-state index is 13.3. The molecule has 2 aliphatic rings. The lowest BCUT2D eigenvalue weighted by molar-refractivity contribution is -0.134. The van der Waals surface area contributed by atoms with Crippen molar-refractivity contribution in [1.29, 1.82) is 0 Å². The van der Waals surface area contributed by atoms with E-state index in [0.717, 1.165) is 18.4 Å². The first kappa shape index (κ1) is 19.5. The highest BCUT2D eigenvalue weighted by Gasteiger charge is 2.35. The molecular formula is C25H25N3O3. The van der Waals surface area contributed by atoms with Gasteiger partial charge in [0.25, 0.3) is 5.91 Å². The Bertz CT molecular complexity index is 1110. The summed E-state index contributed by atoms with van der Waals surface area (Å²) in [4.78, 5) is 33.7. The number of rotatable bonds is 4. The first-order valence-electron chi connectivity index (χ1n) is 10.8. The molecule has 2 aromatic carbocycles. The highest BCUT2D eigenvalue weighted by atomic mass is 16.4. The number of aryl methyl sites for hydroxylation is 1. The van der Waals surface area contributed by atoms with Crippen LogP contribution in [0.5, 0.6) is 0 Å².